The number of nitriles is 1. The molecule has 0 bridgehead atoms. The number of rotatable bonds is 0. The minimum Gasteiger partial charge on any atom is -0.192 e. The van der Waals surface area contributed by atoms with Crippen molar-refractivity contribution >= 4 is 11.3 Å². The monoisotopic (exact) mass is 138 g/mol. The van der Waals surface area contributed by atoms with E-state index in [1.165, 1.54) is 21.1 Å². The van der Waals surface area contributed by atoms with Crippen LogP contribution in [0.1, 0.15) is 15.3 Å². The van der Waals surface area contributed by atoms with Gasteiger partial charge in [-0.05, 0) is 11.3 Å². The molecule has 0 radical (unpaired) electrons. The van der Waals surface area contributed by atoms with E-state index < -0.39 is 0 Å². The van der Waals surface area contributed by atoms with Crippen LogP contribution < -0.4 is 0 Å². The summed E-state index contributed by atoms with van der Waals surface area (Å²) >= 11 is 1.22. The molecule has 0 unspecified atom stereocenters. The van der Waals surface area contributed by atoms with Gasteiger partial charge in [-0.1, -0.05) is 0 Å². The van der Waals surface area contributed by atoms with Crippen LogP contribution in [-0.4, -0.2) is 0 Å². The predicted molar refractivity (Wildman–Crippen MR) is 39.9 cm³/mol. The molecular weight excluding hydrogens is 130 g/mol. The summed E-state index contributed by atoms with van der Waals surface area (Å²) in [7, 11) is 0. The molecule has 0 aliphatic heterocycles. The second-order valence-corrected chi connectivity index (χ2v) is 3.61. The zero-order chi connectivity index (χ0) is 6.85. The van der Waals surface area contributed by atoms with E-state index in [9.17, 15) is 0 Å². The fourth-order valence-corrected chi connectivity index (χ4v) is 1.74. The van der Waals surface area contributed by atoms with Gasteiger partial charge in [0.1, 0.15) is 16.5 Å². The van der Waals surface area contributed by atoms with Gasteiger partial charge in [-0.15, -0.1) is 0 Å². The van der Waals surface area contributed by atoms with Crippen LogP contribution in [0, 0.1) is 25.2 Å². The third kappa shape index (κ3) is 1.11. The van der Waals surface area contributed by atoms with Gasteiger partial charge in [0, 0.05) is 19.9 Å². The molecule has 1 rings (SSSR count). The molecule has 0 N–H and O–H groups in total. The van der Waals surface area contributed by atoms with E-state index in [1.807, 2.05) is 19.9 Å². The van der Waals surface area contributed by atoms with E-state index in [2.05, 4.69) is 6.07 Å². The second kappa shape index (κ2) is 2.20. The Morgan fingerprint density at radius 2 is 2.22 bits per heavy atom. The van der Waals surface area contributed by atoms with Crippen molar-refractivity contribution in [3.63, 3.8) is 0 Å². The zero-order valence-corrected chi connectivity index (χ0v) is 6.37. The average molecular weight is 138 g/mol. The number of thiophene rings is 1. The molecule has 0 saturated heterocycles. The molecule has 46 valence electrons. The fraction of sp³-hybridized carbons (Fsp3) is 0.286. The Hall–Kier alpha value is -0.810. The molecule has 0 saturated carbocycles. The quantitative estimate of drug-likeness (QED) is 0.503. The fourth-order valence-electron chi connectivity index (χ4n) is 0.784. The van der Waals surface area contributed by atoms with Crippen LogP contribution in [0.5, 0.6) is 0 Å². The molecule has 0 aliphatic carbocycles. The first-order chi connectivity index (χ1) is 4.24. The van der Waals surface area contributed by atoms with Crippen LogP contribution in [0.2, 0.25) is 0 Å². The van der Waals surface area contributed by atoms with E-state index in [0.717, 1.165) is 5.56 Å². The van der Waals surface area contributed by atoms with Gasteiger partial charge in [0.15, 0.2) is 4.88 Å². The van der Waals surface area contributed by atoms with Crippen molar-refractivity contribution in [2.45, 2.75) is 13.8 Å². The number of hydrogen-bond donors (Lipinski definition) is 0. The van der Waals surface area contributed by atoms with Gasteiger partial charge in [-0.2, -0.15) is 5.26 Å². The van der Waals surface area contributed by atoms with Gasteiger partial charge in [-0.3, -0.25) is 0 Å². The lowest BCUT2D eigenvalue weighted by atomic mass is 10.3. The van der Waals surface area contributed by atoms with Crippen LogP contribution in [0.3, 0.4) is 0 Å². The Labute approximate surface area is 58.6 Å². The molecular formula is C7H8NS+. The lowest BCUT2D eigenvalue weighted by Gasteiger charge is -1.69. The first kappa shape index (κ1) is 6.31. The van der Waals surface area contributed by atoms with Crippen molar-refractivity contribution < 1.29 is 0 Å². The van der Waals surface area contributed by atoms with Crippen LogP contribution in [0.4, 0.5) is 0 Å². The number of aryl methyl sites for hydroxylation is 2. The Bertz CT molecular complexity index is 254. The SMILES string of the molecule is Cc1cc(C#N)c(C)[sH+]1. The topological polar surface area (TPSA) is 23.8 Å². The molecule has 0 spiro atoms. The van der Waals surface area contributed by atoms with Gasteiger partial charge in [0.05, 0.1) is 0 Å². The van der Waals surface area contributed by atoms with Crippen LogP contribution in [-0.2, 0) is 0 Å². The van der Waals surface area contributed by atoms with Crippen molar-refractivity contribution in [1.29, 1.82) is 5.26 Å². The van der Waals surface area contributed by atoms with E-state index >= 15 is 0 Å². The van der Waals surface area contributed by atoms with Crippen molar-refractivity contribution in [2.24, 2.45) is 0 Å². The highest BCUT2D eigenvalue weighted by Gasteiger charge is 2.07. The summed E-state index contributed by atoms with van der Waals surface area (Å²) in [6, 6.07) is 4.08. The van der Waals surface area contributed by atoms with Crippen LogP contribution in [0.25, 0.3) is 0 Å². The van der Waals surface area contributed by atoms with Gasteiger partial charge in [-0.25, -0.2) is 0 Å². The molecule has 0 fully saturated rings. The first-order valence-corrected chi connectivity index (χ1v) is 3.64. The molecule has 1 aromatic rings. The normalized spacial score (nSPS) is 9.00. The second-order valence-electron chi connectivity index (χ2n) is 2.01. The highest BCUT2D eigenvalue weighted by molar-refractivity contribution is 7.12. The third-order valence-corrected chi connectivity index (χ3v) is 2.27. The van der Waals surface area contributed by atoms with Crippen LogP contribution >= 0.6 is 11.3 Å². The highest BCUT2D eigenvalue weighted by atomic mass is 32.1. The minimum atomic E-state index is 0.842. The summed E-state index contributed by atoms with van der Waals surface area (Å²) in [5.41, 5.74) is 0.842. The van der Waals surface area contributed by atoms with E-state index in [1.54, 1.807) is 0 Å². The molecule has 1 heterocycles. The molecule has 2 heteroatoms. The van der Waals surface area contributed by atoms with Crippen molar-refractivity contribution in [2.75, 3.05) is 0 Å². The molecule has 0 amide bonds. The van der Waals surface area contributed by atoms with Gasteiger partial charge < -0.3 is 0 Å². The molecule has 1 aromatic heterocycles. The number of hydrogen-bond acceptors (Lipinski definition) is 1. The lowest BCUT2D eigenvalue weighted by molar-refractivity contribution is 1.46. The maximum atomic E-state index is 8.50. The van der Waals surface area contributed by atoms with E-state index in [0.29, 0.717) is 0 Å². The van der Waals surface area contributed by atoms with Crippen LogP contribution in [0.15, 0.2) is 6.07 Å². The van der Waals surface area contributed by atoms with Gasteiger partial charge in [0.2, 0.25) is 0 Å². The Balaban J connectivity index is 3.20. The molecule has 0 atom stereocenters. The largest absolute Gasteiger partial charge is 0.192 e. The molecule has 0 aliphatic rings. The zero-order valence-electron chi connectivity index (χ0n) is 5.47. The van der Waals surface area contributed by atoms with Crippen molar-refractivity contribution in [3.8, 4) is 6.07 Å². The van der Waals surface area contributed by atoms with Gasteiger partial charge >= 0.3 is 0 Å². The summed E-state index contributed by atoms with van der Waals surface area (Å²) in [6.07, 6.45) is 0. The molecule has 9 heavy (non-hydrogen) atoms. The van der Waals surface area contributed by atoms with Gasteiger partial charge in [0.25, 0.3) is 0 Å². The standard InChI is InChI=1S/C7H7NS/c1-5-3-7(4-8)6(2)9-5/h3H,1-2H3/p+1. The summed E-state index contributed by atoms with van der Waals surface area (Å²) in [4.78, 5) is 2.44. The number of nitrogens with zero attached hydrogens (tertiary/aromatic N) is 1. The maximum Gasteiger partial charge on any atom is 0.162 e. The highest BCUT2D eigenvalue weighted by Crippen LogP contribution is 2.18. The Morgan fingerprint density at radius 1 is 1.56 bits per heavy atom. The van der Waals surface area contributed by atoms with E-state index in [-0.39, 0.29) is 0 Å². The van der Waals surface area contributed by atoms with Crippen molar-refractivity contribution in [3.05, 3.63) is 21.4 Å². The summed E-state index contributed by atoms with van der Waals surface area (Å²) in [5.74, 6) is 0. The maximum absolute atomic E-state index is 8.50. The summed E-state index contributed by atoms with van der Waals surface area (Å²) in [5, 5.41) is 8.50. The Morgan fingerprint density at radius 3 is 2.44 bits per heavy atom. The molecule has 0 aromatic carbocycles. The Kier molecular flexibility index (Phi) is 1.54. The molecule has 1 nitrogen and oxygen atoms in total. The lowest BCUT2D eigenvalue weighted by Crippen LogP contribution is -1.66. The predicted octanol–water partition coefficient (Wildman–Crippen LogP) is 1.97. The van der Waals surface area contributed by atoms with E-state index in [4.69, 9.17) is 5.26 Å². The minimum absolute atomic E-state index is 0.842. The third-order valence-electron chi connectivity index (χ3n) is 1.21. The first-order valence-electron chi connectivity index (χ1n) is 2.75. The summed E-state index contributed by atoms with van der Waals surface area (Å²) in [6.45, 7) is 4.03. The average Bonchev–Trinajstić information content (AvgIpc) is 2.10. The van der Waals surface area contributed by atoms with Crippen molar-refractivity contribution in [1.82, 2.24) is 0 Å². The smallest absolute Gasteiger partial charge is 0.162 e. The summed E-state index contributed by atoms with van der Waals surface area (Å²) < 4.78 is 0.